The number of aromatic nitrogens is 2. The van der Waals surface area contributed by atoms with E-state index in [0.717, 1.165) is 67.7 Å². The average molecular weight is 370 g/mol. The summed E-state index contributed by atoms with van der Waals surface area (Å²) in [5.74, 6) is 2.43. The SMILES string of the molecule is COc1ccc(CCNC2CCN(c3nc(C)cc(C)n3)CC2)cc1OC. The molecule has 0 radical (unpaired) electrons. The van der Waals surface area contributed by atoms with E-state index in [-0.39, 0.29) is 0 Å². The number of methoxy groups -OCH3 is 2. The molecule has 1 aliphatic heterocycles. The second-order valence-electron chi connectivity index (χ2n) is 7.11. The van der Waals surface area contributed by atoms with Crippen molar-refractivity contribution in [3.63, 3.8) is 0 Å². The molecule has 0 saturated carbocycles. The average Bonchev–Trinajstić information content (AvgIpc) is 2.67. The van der Waals surface area contributed by atoms with Crippen LogP contribution in [0.5, 0.6) is 11.5 Å². The molecule has 0 unspecified atom stereocenters. The molecule has 1 fully saturated rings. The lowest BCUT2D eigenvalue weighted by molar-refractivity contribution is 0.354. The molecule has 0 aliphatic carbocycles. The Morgan fingerprint density at radius 3 is 2.30 bits per heavy atom. The minimum Gasteiger partial charge on any atom is -0.493 e. The van der Waals surface area contributed by atoms with Gasteiger partial charge in [-0.15, -0.1) is 0 Å². The van der Waals surface area contributed by atoms with Crippen LogP contribution in [0.3, 0.4) is 0 Å². The van der Waals surface area contributed by atoms with Gasteiger partial charge in [-0.05, 0) is 63.4 Å². The lowest BCUT2D eigenvalue weighted by Crippen LogP contribution is -2.43. The minimum atomic E-state index is 0.548. The third kappa shape index (κ3) is 5.10. The van der Waals surface area contributed by atoms with Gasteiger partial charge in [0.1, 0.15) is 0 Å². The highest BCUT2D eigenvalue weighted by molar-refractivity contribution is 5.43. The van der Waals surface area contributed by atoms with Gasteiger partial charge in [0.05, 0.1) is 14.2 Å². The molecular formula is C21H30N4O2. The first-order chi connectivity index (χ1) is 13.1. The summed E-state index contributed by atoms with van der Waals surface area (Å²) in [5.41, 5.74) is 3.32. The summed E-state index contributed by atoms with van der Waals surface area (Å²) < 4.78 is 10.7. The van der Waals surface area contributed by atoms with Gasteiger partial charge in [0, 0.05) is 30.5 Å². The Bertz CT molecular complexity index is 738. The first-order valence-corrected chi connectivity index (χ1v) is 9.60. The van der Waals surface area contributed by atoms with Crippen LogP contribution in [0.2, 0.25) is 0 Å². The maximum absolute atomic E-state index is 5.38. The summed E-state index contributed by atoms with van der Waals surface area (Å²) in [7, 11) is 3.33. The van der Waals surface area contributed by atoms with Crippen molar-refractivity contribution in [1.29, 1.82) is 0 Å². The summed E-state index contributed by atoms with van der Waals surface area (Å²) in [4.78, 5) is 11.5. The zero-order chi connectivity index (χ0) is 19.2. The molecule has 1 N–H and O–H groups in total. The summed E-state index contributed by atoms with van der Waals surface area (Å²) >= 11 is 0. The second kappa shape index (κ2) is 9.04. The smallest absolute Gasteiger partial charge is 0.225 e. The van der Waals surface area contributed by atoms with Crippen LogP contribution in [0.25, 0.3) is 0 Å². The van der Waals surface area contributed by atoms with E-state index in [9.17, 15) is 0 Å². The molecule has 6 nitrogen and oxygen atoms in total. The topological polar surface area (TPSA) is 59.5 Å². The van der Waals surface area contributed by atoms with Crippen molar-refractivity contribution in [3.8, 4) is 11.5 Å². The fraction of sp³-hybridized carbons (Fsp3) is 0.524. The lowest BCUT2D eigenvalue weighted by Gasteiger charge is -2.32. The van der Waals surface area contributed by atoms with E-state index < -0.39 is 0 Å². The fourth-order valence-corrected chi connectivity index (χ4v) is 3.59. The number of piperidine rings is 1. The third-order valence-corrected chi connectivity index (χ3v) is 5.04. The number of nitrogens with one attached hydrogen (secondary N) is 1. The van der Waals surface area contributed by atoms with Crippen LogP contribution in [0.15, 0.2) is 24.3 Å². The first-order valence-electron chi connectivity index (χ1n) is 9.60. The zero-order valence-corrected chi connectivity index (χ0v) is 16.8. The number of nitrogens with zero attached hydrogens (tertiary/aromatic N) is 3. The van der Waals surface area contributed by atoms with Crippen LogP contribution in [-0.2, 0) is 6.42 Å². The number of hydrogen-bond acceptors (Lipinski definition) is 6. The molecule has 1 aromatic carbocycles. The van der Waals surface area contributed by atoms with E-state index in [2.05, 4.69) is 32.3 Å². The van der Waals surface area contributed by atoms with Gasteiger partial charge in [-0.1, -0.05) is 6.07 Å². The largest absolute Gasteiger partial charge is 0.493 e. The first kappa shape index (κ1) is 19.4. The fourth-order valence-electron chi connectivity index (χ4n) is 3.59. The second-order valence-corrected chi connectivity index (χ2v) is 7.11. The van der Waals surface area contributed by atoms with Crippen molar-refractivity contribution in [2.24, 2.45) is 0 Å². The Morgan fingerprint density at radius 2 is 1.67 bits per heavy atom. The molecule has 0 bridgehead atoms. The van der Waals surface area contributed by atoms with Gasteiger partial charge in [-0.3, -0.25) is 0 Å². The van der Waals surface area contributed by atoms with Crippen LogP contribution < -0.4 is 19.7 Å². The Kier molecular flexibility index (Phi) is 6.50. The van der Waals surface area contributed by atoms with Gasteiger partial charge in [0.25, 0.3) is 0 Å². The molecule has 1 aromatic heterocycles. The highest BCUT2D eigenvalue weighted by Gasteiger charge is 2.20. The van der Waals surface area contributed by atoms with E-state index in [1.54, 1.807) is 14.2 Å². The molecular weight excluding hydrogens is 340 g/mol. The van der Waals surface area contributed by atoms with Crippen LogP contribution in [0.1, 0.15) is 29.8 Å². The van der Waals surface area contributed by atoms with E-state index in [1.165, 1.54) is 5.56 Å². The number of anilines is 1. The van der Waals surface area contributed by atoms with Gasteiger partial charge < -0.3 is 19.7 Å². The normalized spacial score (nSPS) is 15.0. The molecule has 2 heterocycles. The molecule has 1 aliphatic rings. The zero-order valence-electron chi connectivity index (χ0n) is 16.8. The molecule has 6 heteroatoms. The van der Waals surface area contributed by atoms with Crippen molar-refractivity contribution in [2.45, 2.75) is 39.2 Å². The van der Waals surface area contributed by atoms with E-state index in [1.807, 2.05) is 26.0 Å². The highest BCUT2D eigenvalue weighted by atomic mass is 16.5. The Morgan fingerprint density at radius 1 is 1.00 bits per heavy atom. The maximum Gasteiger partial charge on any atom is 0.225 e. The summed E-state index contributed by atoms with van der Waals surface area (Å²) in [5, 5.41) is 3.69. The Balaban J connectivity index is 1.46. The van der Waals surface area contributed by atoms with Crippen molar-refractivity contribution in [2.75, 3.05) is 38.8 Å². The lowest BCUT2D eigenvalue weighted by atomic mass is 10.0. The summed E-state index contributed by atoms with van der Waals surface area (Å²) in [6, 6.07) is 8.69. The maximum atomic E-state index is 5.38. The number of benzene rings is 1. The van der Waals surface area contributed by atoms with Gasteiger partial charge in [0.15, 0.2) is 11.5 Å². The van der Waals surface area contributed by atoms with E-state index in [4.69, 9.17) is 9.47 Å². The van der Waals surface area contributed by atoms with E-state index in [0.29, 0.717) is 6.04 Å². The van der Waals surface area contributed by atoms with Crippen LogP contribution in [0.4, 0.5) is 5.95 Å². The molecule has 2 aromatic rings. The van der Waals surface area contributed by atoms with Gasteiger partial charge in [0.2, 0.25) is 5.95 Å². The molecule has 0 spiro atoms. The quantitative estimate of drug-likeness (QED) is 0.809. The molecule has 0 amide bonds. The summed E-state index contributed by atoms with van der Waals surface area (Å²) in [6.07, 6.45) is 3.20. The number of ether oxygens (including phenoxy) is 2. The molecule has 27 heavy (non-hydrogen) atoms. The number of rotatable bonds is 7. The monoisotopic (exact) mass is 370 g/mol. The standard InChI is InChI=1S/C21H30N4O2/c1-15-13-16(2)24-21(23-15)25-11-8-18(9-12-25)22-10-7-17-5-6-19(26-3)20(14-17)27-4/h5-6,13-14,18,22H,7-12H2,1-4H3. The number of hydrogen-bond donors (Lipinski definition) is 1. The molecule has 0 atom stereocenters. The van der Waals surface area contributed by atoms with Crippen molar-refractivity contribution in [3.05, 3.63) is 41.2 Å². The summed E-state index contributed by atoms with van der Waals surface area (Å²) in [6.45, 7) is 7.01. The van der Waals surface area contributed by atoms with Gasteiger partial charge in [-0.2, -0.15) is 0 Å². The van der Waals surface area contributed by atoms with Crippen molar-refractivity contribution in [1.82, 2.24) is 15.3 Å². The predicted molar refractivity (Wildman–Crippen MR) is 108 cm³/mol. The predicted octanol–water partition coefficient (Wildman–Crippen LogP) is 2.91. The highest BCUT2D eigenvalue weighted by Crippen LogP contribution is 2.27. The van der Waals surface area contributed by atoms with E-state index >= 15 is 0 Å². The minimum absolute atomic E-state index is 0.548. The number of aryl methyl sites for hydroxylation is 2. The Hall–Kier alpha value is -2.34. The van der Waals surface area contributed by atoms with Crippen LogP contribution in [0, 0.1) is 13.8 Å². The van der Waals surface area contributed by atoms with Gasteiger partial charge in [-0.25, -0.2) is 9.97 Å². The van der Waals surface area contributed by atoms with Crippen LogP contribution >= 0.6 is 0 Å². The van der Waals surface area contributed by atoms with Crippen molar-refractivity contribution < 1.29 is 9.47 Å². The molecule has 146 valence electrons. The third-order valence-electron chi connectivity index (χ3n) is 5.04. The molecule has 3 rings (SSSR count). The van der Waals surface area contributed by atoms with Gasteiger partial charge >= 0.3 is 0 Å². The molecule has 1 saturated heterocycles. The van der Waals surface area contributed by atoms with Crippen molar-refractivity contribution >= 4 is 5.95 Å². The van der Waals surface area contributed by atoms with Crippen LogP contribution in [-0.4, -0.2) is 49.9 Å². The Labute approximate surface area is 161 Å².